The van der Waals surface area contributed by atoms with Gasteiger partial charge < -0.3 is 20.5 Å². The number of anilines is 1. The molecule has 3 atom stereocenters. The molecule has 0 saturated carbocycles. The zero-order valence-electron chi connectivity index (χ0n) is 18.5. The van der Waals surface area contributed by atoms with Crippen LogP contribution in [0.3, 0.4) is 0 Å². The Morgan fingerprint density at radius 3 is 2.85 bits per heavy atom. The van der Waals surface area contributed by atoms with E-state index in [2.05, 4.69) is 26.1 Å². The third-order valence-corrected chi connectivity index (χ3v) is 5.96. The molecule has 33 heavy (non-hydrogen) atoms. The van der Waals surface area contributed by atoms with Crippen molar-refractivity contribution in [2.45, 2.75) is 44.7 Å². The Balaban J connectivity index is 1.51. The van der Waals surface area contributed by atoms with Crippen LogP contribution in [-0.4, -0.2) is 53.3 Å². The molecule has 0 bridgehead atoms. The quantitative estimate of drug-likeness (QED) is 0.522. The van der Waals surface area contributed by atoms with Gasteiger partial charge in [-0.15, -0.1) is 0 Å². The third kappa shape index (κ3) is 4.71. The van der Waals surface area contributed by atoms with Gasteiger partial charge in [0.25, 0.3) is 11.5 Å². The molecule has 2 aromatic heterocycles. The first-order chi connectivity index (χ1) is 15.9. The summed E-state index contributed by atoms with van der Waals surface area (Å²) in [5.74, 6) is -0.632. The Hall–Kier alpha value is -3.76. The Bertz CT molecular complexity index is 1170. The van der Waals surface area contributed by atoms with Crippen LogP contribution in [-0.2, 0) is 16.0 Å². The predicted molar refractivity (Wildman–Crippen MR) is 119 cm³/mol. The van der Waals surface area contributed by atoms with Gasteiger partial charge in [-0.3, -0.25) is 28.7 Å². The lowest BCUT2D eigenvalue weighted by Crippen LogP contribution is -2.43. The van der Waals surface area contributed by atoms with Gasteiger partial charge in [0, 0.05) is 37.5 Å². The average molecular weight is 454 g/mol. The number of carbonyl (C=O) groups excluding carboxylic acids is 3. The molecule has 0 aromatic carbocycles. The fraction of sp³-hybridized carbons (Fsp3) is 0.455. The molecule has 0 aliphatic carbocycles. The van der Waals surface area contributed by atoms with Crippen molar-refractivity contribution in [3.05, 3.63) is 45.7 Å². The summed E-state index contributed by atoms with van der Waals surface area (Å²) in [7, 11) is 1.61. The summed E-state index contributed by atoms with van der Waals surface area (Å²) in [5, 5.41) is 11.9. The van der Waals surface area contributed by atoms with E-state index in [9.17, 15) is 19.2 Å². The monoisotopic (exact) mass is 454 g/mol. The summed E-state index contributed by atoms with van der Waals surface area (Å²) in [5.41, 5.74) is 0.364. The highest BCUT2D eigenvalue weighted by atomic mass is 16.5. The lowest BCUT2D eigenvalue weighted by Gasteiger charge is -2.21. The minimum atomic E-state index is -0.719. The summed E-state index contributed by atoms with van der Waals surface area (Å²) in [6, 6.07) is 3.59. The Kier molecular flexibility index (Phi) is 6.38. The Labute approximate surface area is 189 Å². The number of rotatable bonds is 7. The number of aryl methyl sites for hydroxylation is 2. The van der Waals surface area contributed by atoms with Crippen LogP contribution in [0.15, 0.2) is 32.5 Å². The van der Waals surface area contributed by atoms with Crippen LogP contribution in [0.25, 0.3) is 0 Å². The molecule has 2 aliphatic heterocycles. The van der Waals surface area contributed by atoms with E-state index in [-0.39, 0.29) is 29.1 Å². The van der Waals surface area contributed by atoms with Gasteiger partial charge in [-0.2, -0.15) is 0 Å². The molecule has 1 fully saturated rings. The van der Waals surface area contributed by atoms with Gasteiger partial charge in [0.2, 0.25) is 11.8 Å². The average Bonchev–Trinajstić information content (AvgIpc) is 3.51. The largest absolute Gasteiger partial charge is 0.361 e. The maximum absolute atomic E-state index is 13.1. The normalized spacial score (nSPS) is 20.5. The van der Waals surface area contributed by atoms with E-state index in [1.165, 1.54) is 16.7 Å². The second-order valence-corrected chi connectivity index (χ2v) is 8.28. The number of nitrogens with one attached hydrogen (secondary N) is 3. The molecule has 0 spiro atoms. The van der Waals surface area contributed by atoms with Gasteiger partial charge in [0.1, 0.15) is 17.5 Å². The molecule has 174 valence electrons. The van der Waals surface area contributed by atoms with Crippen molar-refractivity contribution in [1.29, 1.82) is 0 Å². The van der Waals surface area contributed by atoms with Crippen LogP contribution in [0.2, 0.25) is 0 Å². The highest BCUT2D eigenvalue weighted by Gasteiger charge is 2.33. The number of aliphatic imine (C=N–C) groups is 1. The molecule has 0 unspecified atom stereocenters. The fourth-order valence-electron chi connectivity index (χ4n) is 4.35. The first-order valence-corrected chi connectivity index (χ1v) is 10.9. The number of carbonyl (C=O) groups is 3. The molecule has 2 aliphatic rings. The van der Waals surface area contributed by atoms with Crippen LogP contribution < -0.4 is 21.5 Å². The van der Waals surface area contributed by atoms with Gasteiger partial charge >= 0.3 is 0 Å². The van der Waals surface area contributed by atoms with Crippen LogP contribution >= 0.6 is 0 Å². The topological polar surface area (TPSA) is 148 Å². The van der Waals surface area contributed by atoms with Gasteiger partial charge in [0.05, 0.1) is 6.04 Å². The minimum absolute atomic E-state index is 0.0242. The van der Waals surface area contributed by atoms with Crippen molar-refractivity contribution in [1.82, 2.24) is 20.4 Å². The highest BCUT2D eigenvalue weighted by Crippen LogP contribution is 2.25. The van der Waals surface area contributed by atoms with Gasteiger partial charge in [-0.1, -0.05) is 5.16 Å². The molecule has 4 heterocycles. The van der Waals surface area contributed by atoms with E-state index in [0.717, 1.165) is 0 Å². The fourth-order valence-corrected chi connectivity index (χ4v) is 4.35. The number of hydrogen-bond acceptors (Lipinski definition) is 7. The van der Waals surface area contributed by atoms with Crippen molar-refractivity contribution in [2.24, 2.45) is 10.9 Å². The van der Waals surface area contributed by atoms with Crippen molar-refractivity contribution in [2.75, 3.05) is 18.9 Å². The smallest absolute Gasteiger partial charge is 0.278 e. The lowest BCUT2D eigenvalue weighted by molar-refractivity contribution is -0.126. The van der Waals surface area contributed by atoms with Crippen LogP contribution in [0, 0.1) is 12.8 Å². The summed E-state index contributed by atoms with van der Waals surface area (Å²) in [6.45, 7) is 2.29. The number of pyridine rings is 1. The molecule has 11 nitrogen and oxygen atoms in total. The molecular formula is C22H26N6O5. The first-order valence-electron chi connectivity index (χ1n) is 10.9. The SMILES string of the molecule is CN=C[C@H](C[C@@H]1CCNC1=O)NC(=O)[C@@H]1CCc2ccc(NC(=O)c3cc(C)on3)c(=O)n21. The van der Waals surface area contributed by atoms with E-state index in [4.69, 9.17) is 4.52 Å². The first kappa shape index (κ1) is 22.4. The Morgan fingerprint density at radius 1 is 1.36 bits per heavy atom. The van der Waals surface area contributed by atoms with Gasteiger partial charge in [-0.25, -0.2) is 0 Å². The maximum Gasteiger partial charge on any atom is 0.278 e. The van der Waals surface area contributed by atoms with Crippen molar-refractivity contribution in [3.63, 3.8) is 0 Å². The van der Waals surface area contributed by atoms with Crippen molar-refractivity contribution < 1.29 is 18.9 Å². The van der Waals surface area contributed by atoms with E-state index in [1.807, 2.05) is 0 Å². The number of amides is 3. The summed E-state index contributed by atoms with van der Waals surface area (Å²) in [4.78, 5) is 54.6. The molecule has 0 radical (unpaired) electrons. The van der Waals surface area contributed by atoms with Gasteiger partial charge in [-0.05, 0) is 44.7 Å². The third-order valence-electron chi connectivity index (χ3n) is 5.96. The number of nitrogens with zero attached hydrogens (tertiary/aromatic N) is 3. The highest BCUT2D eigenvalue weighted by molar-refractivity contribution is 6.02. The molecule has 11 heteroatoms. The molecule has 1 saturated heterocycles. The molecule has 2 aromatic rings. The second-order valence-electron chi connectivity index (χ2n) is 8.28. The maximum atomic E-state index is 13.1. The molecule has 3 N–H and O–H groups in total. The number of aromatic nitrogens is 2. The van der Waals surface area contributed by atoms with E-state index in [0.29, 0.717) is 43.7 Å². The summed E-state index contributed by atoms with van der Waals surface area (Å²) in [6.07, 6.45) is 3.78. The number of fused-ring (bicyclic) bond motifs is 1. The predicted octanol–water partition coefficient (Wildman–Crippen LogP) is 0.596. The van der Waals surface area contributed by atoms with Crippen LogP contribution in [0.5, 0.6) is 0 Å². The zero-order valence-corrected chi connectivity index (χ0v) is 18.5. The minimum Gasteiger partial charge on any atom is -0.361 e. The number of hydrogen-bond donors (Lipinski definition) is 3. The Morgan fingerprint density at radius 2 is 2.18 bits per heavy atom. The second kappa shape index (κ2) is 9.39. The molecular weight excluding hydrogens is 428 g/mol. The van der Waals surface area contributed by atoms with Crippen LogP contribution in [0.1, 0.15) is 47.2 Å². The summed E-state index contributed by atoms with van der Waals surface area (Å²) >= 11 is 0. The zero-order chi connectivity index (χ0) is 23.5. The van der Waals surface area contributed by atoms with Crippen molar-refractivity contribution >= 4 is 29.6 Å². The van der Waals surface area contributed by atoms with Crippen LogP contribution in [0.4, 0.5) is 5.69 Å². The lowest BCUT2D eigenvalue weighted by atomic mass is 9.98. The van der Waals surface area contributed by atoms with E-state index < -0.39 is 23.6 Å². The van der Waals surface area contributed by atoms with E-state index >= 15 is 0 Å². The van der Waals surface area contributed by atoms with Gasteiger partial charge in [0.15, 0.2) is 5.69 Å². The molecule has 4 rings (SSSR count). The summed E-state index contributed by atoms with van der Waals surface area (Å²) < 4.78 is 6.32. The van der Waals surface area contributed by atoms with Crippen molar-refractivity contribution in [3.8, 4) is 0 Å². The standard InChI is InChI=1S/C22H26N6O5/c1-12-9-17(27-33-12)20(30)26-16-5-3-15-4-6-18(28(15)22(16)32)21(31)25-14(11-23-2)10-13-7-8-24-19(13)29/h3,5,9,11,13-14,18H,4,6-8,10H2,1-2H3,(H,24,29)(H,25,31)(H,26,30)/t13-,14-,18-/m0/s1. The molecule has 3 amide bonds. The van der Waals surface area contributed by atoms with E-state index in [1.54, 1.807) is 26.3 Å².